The number of aliphatic imine (C=N–C) groups is 2. The van der Waals surface area contributed by atoms with E-state index in [1.54, 1.807) is 10.6 Å². The van der Waals surface area contributed by atoms with Gasteiger partial charge in [-0.05, 0) is 54.0 Å². The number of fused-ring (bicyclic) bond motifs is 2. The van der Waals surface area contributed by atoms with Crippen molar-refractivity contribution in [3.63, 3.8) is 0 Å². The van der Waals surface area contributed by atoms with Gasteiger partial charge in [0.2, 0.25) is 0 Å². The van der Waals surface area contributed by atoms with Crippen molar-refractivity contribution in [2.45, 2.75) is 32.6 Å². The third kappa shape index (κ3) is 3.04. The molecular formula is C18H18ClIN6O. The van der Waals surface area contributed by atoms with Crippen LogP contribution in [0.3, 0.4) is 0 Å². The lowest BCUT2D eigenvalue weighted by atomic mass is 10.1. The van der Waals surface area contributed by atoms with E-state index in [1.807, 2.05) is 37.1 Å². The van der Waals surface area contributed by atoms with E-state index in [4.69, 9.17) is 17.3 Å². The number of hydrogen-bond acceptors (Lipinski definition) is 6. The van der Waals surface area contributed by atoms with Crippen molar-refractivity contribution in [3.8, 4) is 0 Å². The smallest absolute Gasteiger partial charge is 0.260 e. The average Bonchev–Trinajstić information content (AvgIpc) is 2.91. The molecule has 1 aromatic heterocycles. The van der Waals surface area contributed by atoms with E-state index < -0.39 is 0 Å². The van der Waals surface area contributed by atoms with Crippen LogP contribution in [0, 0.1) is 5.92 Å². The predicted molar refractivity (Wildman–Crippen MR) is 118 cm³/mol. The molecule has 2 unspecified atom stereocenters. The number of nitrogens with two attached hydrogens (primary N) is 1. The van der Waals surface area contributed by atoms with E-state index in [2.05, 4.69) is 37.7 Å². The Morgan fingerprint density at radius 3 is 2.89 bits per heavy atom. The summed E-state index contributed by atoms with van der Waals surface area (Å²) in [7, 11) is 0. The van der Waals surface area contributed by atoms with Gasteiger partial charge >= 0.3 is 0 Å². The van der Waals surface area contributed by atoms with Gasteiger partial charge < -0.3 is 10.3 Å². The molecule has 0 saturated carbocycles. The van der Waals surface area contributed by atoms with E-state index in [9.17, 15) is 4.79 Å². The number of hydrazone groups is 1. The number of amidine groups is 1. The second kappa shape index (κ2) is 6.90. The number of halogens is 2. The van der Waals surface area contributed by atoms with Crippen LogP contribution in [0.2, 0.25) is 5.02 Å². The van der Waals surface area contributed by atoms with Crippen LogP contribution in [-0.4, -0.2) is 31.6 Å². The van der Waals surface area contributed by atoms with Crippen molar-refractivity contribution in [1.29, 1.82) is 0 Å². The second-order valence-electron chi connectivity index (χ2n) is 6.84. The molecular weight excluding hydrogens is 479 g/mol. The van der Waals surface area contributed by atoms with Crippen LogP contribution in [0.5, 0.6) is 0 Å². The summed E-state index contributed by atoms with van der Waals surface area (Å²) in [5, 5.41) is 8.33. The normalized spacial score (nSPS) is 21.6. The van der Waals surface area contributed by atoms with Gasteiger partial charge in [-0.2, -0.15) is 5.10 Å². The first kappa shape index (κ1) is 18.4. The number of nitrogens with zero attached hydrogens (tertiary/aromatic N) is 5. The SMILES string of the molecule is CC(C)n1c(CN2N=C(I)C3C(N)=NC=NC32)cc2cccc(Cl)c2c1=O. The van der Waals surface area contributed by atoms with Gasteiger partial charge in [0.1, 0.15) is 21.8 Å². The summed E-state index contributed by atoms with van der Waals surface area (Å²) >= 11 is 8.47. The van der Waals surface area contributed by atoms with E-state index in [0.717, 1.165) is 14.8 Å². The fourth-order valence-corrected chi connectivity index (χ4v) is 4.78. The Hall–Kier alpha value is -1.94. The lowest BCUT2D eigenvalue weighted by Crippen LogP contribution is -2.41. The van der Waals surface area contributed by atoms with Crippen molar-refractivity contribution >= 4 is 60.9 Å². The molecule has 7 nitrogen and oxygen atoms in total. The van der Waals surface area contributed by atoms with Crippen LogP contribution in [0.4, 0.5) is 0 Å². The highest BCUT2D eigenvalue weighted by Gasteiger charge is 2.40. The molecule has 2 N–H and O–H groups in total. The van der Waals surface area contributed by atoms with E-state index in [1.165, 1.54) is 6.34 Å². The predicted octanol–water partition coefficient (Wildman–Crippen LogP) is 3.14. The maximum Gasteiger partial charge on any atom is 0.260 e. The van der Waals surface area contributed by atoms with Gasteiger partial charge in [-0.25, -0.2) is 9.98 Å². The molecule has 2 aliphatic rings. The molecule has 0 radical (unpaired) electrons. The Bertz CT molecular complexity index is 1070. The monoisotopic (exact) mass is 496 g/mol. The third-order valence-electron chi connectivity index (χ3n) is 4.78. The van der Waals surface area contributed by atoms with Crippen LogP contribution < -0.4 is 11.3 Å². The number of pyridine rings is 1. The molecule has 2 aliphatic heterocycles. The number of hydrogen-bond donors (Lipinski definition) is 1. The van der Waals surface area contributed by atoms with Crippen LogP contribution in [0.25, 0.3) is 10.8 Å². The molecule has 3 heterocycles. The maximum atomic E-state index is 13.1. The molecule has 0 saturated heterocycles. The third-order valence-corrected chi connectivity index (χ3v) is 5.98. The lowest BCUT2D eigenvalue weighted by molar-refractivity contribution is 0.207. The summed E-state index contributed by atoms with van der Waals surface area (Å²) in [6.45, 7) is 4.40. The van der Waals surface area contributed by atoms with Crippen LogP contribution in [0.15, 0.2) is 44.1 Å². The molecule has 0 spiro atoms. The fourth-order valence-electron chi connectivity index (χ4n) is 3.60. The Labute approximate surface area is 174 Å². The van der Waals surface area contributed by atoms with Crippen LogP contribution >= 0.6 is 34.2 Å². The first-order chi connectivity index (χ1) is 12.9. The number of rotatable bonds is 3. The minimum Gasteiger partial charge on any atom is -0.386 e. The largest absolute Gasteiger partial charge is 0.386 e. The molecule has 0 amide bonds. The van der Waals surface area contributed by atoms with Gasteiger partial charge in [0, 0.05) is 11.7 Å². The van der Waals surface area contributed by atoms with Crippen molar-refractivity contribution in [2.75, 3.05) is 0 Å². The van der Waals surface area contributed by atoms with Crippen molar-refractivity contribution < 1.29 is 0 Å². The zero-order valence-electron chi connectivity index (χ0n) is 14.8. The van der Waals surface area contributed by atoms with Crippen molar-refractivity contribution in [1.82, 2.24) is 9.58 Å². The molecule has 2 aromatic rings. The first-order valence-corrected chi connectivity index (χ1v) is 10.0. The summed E-state index contributed by atoms with van der Waals surface area (Å²) in [6, 6.07) is 7.48. The molecule has 2 atom stereocenters. The summed E-state index contributed by atoms with van der Waals surface area (Å²) in [5.74, 6) is 0.377. The summed E-state index contributed by atoms with van der Waals surface area (Å²) in [6.07, 6.45) is 1.24. The van der Waals surface area contributed by atoms with Gasteiger partial charge in [-0.15, -0.1) is 0 Å². The Kier molecular flexibility index (Phi) is 4.71. The Morgan fingerprint density at radius 2 is 2.15 bits per heavy atom. The summed E-state index contributed by atoms with van der Waals surface area (Å²) in [5.41, 5.74) is 6.80. The fraction of sp³-hybridized carbons (Fsp3) is 0.333. The number of aromatic nitrogens is 1. The van der Waals surface area contributed by atoms with Crippen molar-refractivity contribution in [3.05, 3.63) is 45.3 Å². The van der Waals surface area contributed by atoms with E-state index in [-0.39, 0.29) is 23.7 Å². The highest BCUT2D eigenvalue weighted by Crippen LogP contribution is 2.31. The highest BCUT2D eigenvalue weighted by molar-refractivity contribution is 14.1. The molecule has 9 heteroatoms. The van der Waals surface area contributed by atoms with Crippen LogP contribution in [0.1, 0.15) is 25.6 Å². The topological polar surface area (TPSA) is 88.3 Å². The molecule has 4 rings (SSSR count). The quantitative estimate of drug-likeness (QED) is 0.662. The standard InChI is InChI=1S/C18H18ClIN6O/c1-9(2)26-11(6-10-4-3-5-12(19)13(10)18(26)27)7-25-17-14(15(20)24-25)16(21)22-8-23-17/h3-6,8-9,14,17H,7H2,1-2H3,(H2,21,22,23). The lowest BCUT2D eigenvalue weighted by Gasteiger charge is -2.27. The molecule has 1 aromatic carbocycles. The van der Waals surface area contributed by atoms with Gasteiger partial charge in [-0.3, -0.25) is 9.80 Å². The summed E-state index contributed by atoms with van der Waals surface area (Å²) < 4.78 is 2.62. The zero-order chi connectivity index (χ0) is 19.3. The van der Waals surface area contributed by atoms with Gasteiger partial charge in [0.25, 0.3) is 5.56 Å². The molecule has 0 bridgehead atoms. The van der Waals surface area contributed by atoms with E-state index in [0.29, 0.717) is 22.8 Å². The van der Waals surface area contributed by atoms with E-state index >= 15 is 0 Å². The first-order valence-electron chi connectivity index (χ1n) is 8.56. The molecule has 0 fully saturated rings. The highest BCUT2D eigenvalue weighted by atomic mass is 127. The Balaban J connectivity index is 1.81. The van der Waals surface area contributed by atoms with Crippen LogP contribution in [-0.2, 0) is 6.54 Å². The molecule has 140 valence electrons. The van der Waals surface area contributed by atoms with Gasteiger partial charge in [0.05, 0.1) is 17.0 Å². The van der Waals surface area contributed by atoms with Crippen molar-refractivity contribution in [2.24, 2.45) is 26.7 Å². The Morgan fingerprint density at radius 1 is 1.37 bits per heavy atom. The second-order valence-corrected chi connectivity index (χ2v) is 8.35. The molecule has 0 aliphatic carbocycles. The maximum absolute atomic E-state index is 13.1. The van der Waals surface area contributed by atoms with Gasteiger partial charge in [0.15, 0.2) is 6.17 Å². The average molecular weight is 497 g/mol. The summed E-state index contributed by atoms with van der Waals surface area (Å²) in [4.78, 5) is 21.7. The minimum absolute atomic E-state index is 0.0175. The minimum atomic E-state index is -0.236. The number of benzene rings is 1. The molecule has 27 heavy (non-hydrogen) atoms. The van der Waals surface area contributed by atoms with Gasteiger partial charge in [-0.1, -0.05) is 23.7 Å². The zero-order valence-corrected chi connectivity index (χ0v) is 17.7.